The van der Waals surface area contributed by atoms with Gasteiger partial charge in [-0.25, -0.2) is 4.98 Å². The van der Waals surface area contributed by atoms with Gasteiger partial charge in [0.25, 0.3) is 0 Å². The van der Waals surface area contributed by atoms with Gasteiger partial charge in [-0.1, -0.05) is 15.9 Å². The second kappa shape index (κ2) is 5.69. The fourth-order valence-corrected chi connectivity index (χ4v) is 1.87. The van der Waals surface area contributed by atoms with E-state index >= 15 is 0 Å². The van der Waals surface area contributed by atoms with E-state index in [-0.39, 0.29) is 5.75 Å². The van der Waals surface area contributed by atoms with E-state index in [4.69, 9.17) is 0 Å². The van der Waals surface area contributed by atoms with Crippen LogP contribution < -0.4 is 5.32 Å². The van der Waals surface area contributed by atoms with E-state index < -0.39 is 0 Å². The van der Waals surface area contributed by atoms with Crippen molar-refractivity contribution >= 4 is 27.8 Å². The summed E-state index contributed by atoms with van der Waals surface area (Å²) in [6.45, 7) is 2.01. The lowest BCUT2D eigenvalue weighted by Gasteiger charge is -2.02. The molecule has 2 aromatic rings. The second-order valence-electron chi connectivity index (χ2n) is 3.90. The summed E-state index contributed by atoms with van der Waals surface area (Å²) in [6.07, 6.45) is 5.30. The molecule has 0 saturated heterocycles. The van der Waals surface area contributed by atoms with Crippen molar-refractivity contribution in [2.45, 2.75) is 6.92 Å². The summed E-state index contributed by atoms with van der Waals surface area (Å²) in [7, 11) is 0. The summed E-state index contributed by atoms with van der Waals surface area (Å²) < 4.78 is 0.925. The molecule has 18 heavy (non-hydrogen) atoms. The zero-order valence-electron chi connectivity index (χ0n) is 9.89. The molecule has 0 spiro atoms. The minimum atomic E-state index is 0.244. The zero-order valence-corrected chi connectivity index (χ0v) is 11.5. The number of aromatic nitrogens is 1. The number of aryl methyl sites for hydroxylation is 1. The van der Waals surface area contributed by atoms with E-state index in [2.05, 4.69) is 26.2 Å². The van der Waals surface area contributed by atoms with Gasteiger partial charge in [0, 0.05) is 22.4 Å². The maximum Gasteiger partial charge on any atom is 0.130 e. The van der Waals surface area contributed by atoms with E-state index in [9.17, 15) is 5.11 Å². The van der Waals surface area contributed by atoms with Gasteiger partial charge in [0.15, 0.2) is 0 Å². The predicted molar refractivity (Wildman–Crippen MR) is 77.4 cm³/mol. The molecule has 0 atom stereocenters. The van der Waals surface area contributed by atoms with Crippen LogP contribution in [0.5, 0.6) is 5.75 Å². The highest BCUT2D eigenvalue weighted by atomic mass is 79.9. The van der Waals surface area contributed by atoms with E-state index in [0.29, 0.717) is 0 Å². The van der Waals surface area contributed by atoms with Gasteiger partial charge in [0.1, 0.15) is 11.6 Å². The lowest BCUT2D eigenvalue weighted by molar-refractivity contribution is 0.474. The molecular formula is C14H13BrN2O. The van der Waals surface area contributed by atoms with Gasteiger partial charge in [-0.2, -0.15) is 0 Å². The van der Waals surface area contributed by atoms with Crippen LogP contribution in [0, 0.1) is 6.92 Å². The first-order valence-electron chi connectivity index (χ1n) is 5.49. The standard InChI is InChI=1S/C14H13BrN2O/c1-10-4-6-16-14(8-10)17-7-5-11-9-12(15)2-3-13(11)18/h2-9,18H,1H3,(H,16,17)/b7-5+. The van der Waals surface area contributed by atoms with E-state index in [1.54, 1.807) is 30.6 Å². The average Bonchev–Trinajstić information content (AvgIpc) is 2.34. The van der Waals surface area contributed by atoms with Crippen molar-refractivity contribution in [3.63, 3.8) is 0 Å². The number of hydrogen-bond donors (Lipinski definition) is 2. The topological polar surface area (TPSA) is 45.2 Å². The van der Waals surface area contributed by atoms with Crippen LogP contribution in [0.15, 0.2) is 47.2 Å². The highest BCUT2D eigenvalue weighted by Gasteiger charge is 1.97. The van der Waals surface area contributed by atoms with Gasteiger partial charge in [0.05, 0.1) is 0 Å². The number of nitrogens with one attached hydrogen (secondary N) is 1. The molecule has 0 unspecified atom stereocenters. The first-order valence-corrected chi connectivity index (χ1v) is 6.29. The number of pyridine rings is 1. The number of phenolic OH excluding ortho intramolecular Hbond substituents is 1. The van der Waals surface area contributed by atoms with Crippen molar-refractivity contribution in [1.82, 2.24) is 4.98 Å². The molecule has 0 fully saturated rings. The summed E-state index contributed by atoms with van der Waals surface area (Å²) in [5, 5.41) is 12.7. The molecular weight excluding hydrogens is 292 g/mol. The maximum absolute atomic E-state index is 9.66. The Morgan fingerprint density at radius 1 is 1.28 bits per heavy atom. The van der Waals surface area contributed by atoms with Gasteiger partial charge in [0.2, 0.25) is 0 Å². The highest BCUT2D eigenvalue weighted by Crippen LogP contribution is 2.22. The Balaban J connectivity index is 2.10. The SMILES string of the molecule is Cc1ccnc(N/C=C/c2cc(Br)ccc2O)c1. The number of nitrogens with zero attached hydrogens (tertiary/aromatic N) is 1. The summed E-state index contributed by atoms with van der Waals surface area (Å²) in [5.41, 5.74) is 1.88. The maximum atomic E-state index is 9.66. The van der Waals surface area contributed by atoms with Gasteiger partial charge in [-0.15, -0.1) is 0 Å². The third kappa shape index (κ3) is 3.34. The summed E-state index contributed by atoms with van der Waals surface area (Å²) in [5.74, 6) is 1.02. The van der Waals surface area contributed by atoms with Crippen molar-refractivity contribution in [3.05, 3.63) is 58.3 Å². The zero-order chi connectivity index (χ0) is 13.0. The molecule has 0 aliphatic heterocycles. The van der Waals surface area contributed by atoms with E-state index in [0.717, 1.165) is 21.4 Å². The largest absolute Gasteiger partial charge is 0.507 e. The molecule has 1 heterocycles. The molecule has 92 valence electrons. The molecule has 0 bridgehead atoms. The Labute approximate surface area is 114 Å². The van der Waals surface area contributed by atoms with Crippen LogP contribution in [0.1, 0.15) is 11.1 Å². The van der Waals surface area contributed by atoms with Crippen LogP contribution in [0.3, 0.4) is 0 Å². The van der Waals surface area contributed by atoms with Crippen LogP contribution in [0.4, 0.5) is 5.82 Å². The molecule has 3 nitrogen and oxygen atoms in total. The first kappa shape index (κ1) is 12.6. The van der Waals surface area contributed by atoms with Crippen LogP contribution in [0.25, 0.3) is 6.08 Å². The molecule has 2 rings (SSSR count). The van der Waals surface area contributed by atoms with Crippen LogP contribution in [-0.4, -0.2) is 10.1 Å². The predicted octanol–water partition coefficient (Wildman–Crippen LogP) is 3.94. The Hall–Kier alpha value is -1.81. The van der Waals surface area contributed by atoms with Gasteiger partial charge < -0.3 is 10.4 Å². The van der Waals surface area contributed by atoms with Gasteiger partial charge in [-0.05, 0) is 48.9 Å². The van der Waals surface area contributed by atoms with Gasteiger partial charge >= 0.3 is 0 Å². The number of aromatic hydroxyl groups is 1. The smallest absolute Gasteiger partial charge is 0.130 e. The molecule has 0 radical (unpaired) electrons. The lowest BCUT2D eigenvalue weighted by atomic mass is 10.2. The van der Waals surface area contributed by atoms with Crippen molar-refractivity contribution in [2.24, 2.45) is 0 Å². The van der Waals surface area contributed by atoms with Crippen molar-refractivity contribution in [3.8, 4) is 5.75 Å². The Bertz CT molecular complexity index is 582. The van der Waals surface area contributed by atoms with E-state index in [1.807, 2.05) is 25.1 Å². The molecule has 0 amide bonds. The lowest BCUT2D eigenvalue weighted by Crippen LogP contribution is -1.91. The molecule has 0 aliphatic carbocycles. The van der Waals surface area contributed by atoms with Crippen LogP contribution in [0.2, 0.25) is 0 Å². The number of phenols is 1. The van der Waals surface area contributed by atoms with Crippen LogP contribution >= 0.6 is 15.9 Å². The van der Waals surface area contributed by atoms with Crippen LogP contribution in [-0.2, 0) is 0 Å². The monoisotopic (exact) mass is 304 g/mol. The quantitative estimate of drug-likeness (QED) is 0.903. The number of benzene rings is 1. The Morgan fingerprint density at radius 3 is 2.89 bits per heavy atom. The number of rotatable bonds is 3. The highest BCUT2D eigenvalue weighted by molar-refractivity contribution is 9.10. The van der Waals surface area contributed by atoms with E-state index in [1.165, 1.54) is 0 Å². The fourth-order valence-electron chi connectivity index (χ4n) is 1.49. The van der Waals surface area contributed by atoms with Crippen molar-refractivity contribution in [1.29, 1.82) is 0 Å². The Morgan fingerprint density at radius 2 is 2.11 bits per heavy atom. The number of hydrogen-bond acceptors (Lipinski definition) is 3. The molecule has 4 heteroatoms. The van der Waals surface area contributed by atoms with Crippen molar-refractivity contribution < 1.29 is 5.11 Å². The number of halogens is 1. The first-order chi connectivity index (χ1) is 8.65. The summed E-state index contributed by atoms with van der Waals surface area (Å²) in [4.78, 5) is 4.18. The molecule has 2 N–H and O–H groups in total. The third-order valence-corrected chi connectivity index (χ3v) is 2.89. The fraction of sp³-hybridized carbons (Fsp3) is 0.0714. The molecule has 0 saturated carbocycles. The minimum Gasteiger partial charge on any atom is -0.507 e. The molecule has 0 aliphatic rings. The average molecular weight is 305 g/mol. The normalized spacial score (nSPS) is 10.8. The summed E-state index contributed by atoms with van der Waals surface area (Å²) >= 11 is 3.36. The number of anilines is 1. The molecule has 1 aromatic carbocycles. The second-order valence-corrected chi connectivity index (χ2v) is 4.81. The van der Waals surface area contributed by atoms with Crippen molar-refractivity contribution in [2.75, 3.05) is 5.32 Å². The third-order valence-electron chi connectivity index (χ3n) is 2.40. The minimum absolute atomic E-state index is 0.244. The summed E-state index contributed by atoms with van der Waals surface area (Å²) in [6, 6.07) is 9.17. The Kier molecular flexibility index (Phi) is 3.99. The van der Waals surface area contributed by atoms with Gasteiger partial charge in [-0.3, -0.25) is 0 Å². The molecule has 1 aromatic heterocycles.